The molecule has 1 amide bonds. The number of fused-ring (bicyclic) bond motifs is 1. The molecule has 2 heterocycles. The van der Waals surface area contributed by atoms with Gasteiger partial charge in [-0.25, -0.2) is 0 Å². The molecule has 136 valence electrons. The number of hydrogen-bond acceptors (Lipinski definition) is 4. The maximum atomic E-state index is 13.2. The van der Waals surface area contributed by atoms with Gasteiger partial charge in [0.2, 0.25) is 5.91 Å². The number of ether oxygens (including phenoxy) is 2. The molecule has 1 N–H and O–H groups in total. The lowest BCUT2D eigenvalue weighted by Gasteiger charge is -2.39. The Hall–Kier alpha value is -2.24. The van der Waals surface area contributed by atoms with Crippen molar-refractivity contribution in [3.05, 3.63) is 23.8 Å². The van der Waals surface area contributed by atoms with Crippen molar-refractivity contribution in [2.24, 2.45) is 11.8 Å². The van der Waals surface area contributed by atoms with Crippen molar-refractivity contribution in [3.8, 4) is 11.5 Å². The number of amides is 1. The predicted molar refractivity (Wildman–Crippen MR) is 91.9 cm³/mol. The Labute approximate surface area is 147 Å². The van der Waals surface area contributed by atoms with Gasteiger partial charge >= 0.3 is 5.97 Å². The summed E-state index contributed by atoms with van der Waals surface area (Å²) in [5.41, 5.74) is 0.0718. The number of carboxylic acid groups (broad SMARTS) is 1. The topological polar surface area (TPSA) is 76.1 Å². The second kappa shape index (κ2) is 6.58. The van der Waals surface area contributed by atoms with Crippen LogP contribution in [0.25, 0.3) is 0 Å². The zero-order valence-electron chi connectivity index (χ0n) is 14.9. The van der Waals surface area contributed by atoms with Gasteiger partial charge in [0.15, 0.2) is 11.5 Å². The van der Waals surface area contributed by atoms with Crippen molar-refractivity contribution in [2.75, 3.05) is 26.3 Å². The predicted octanol–water partition coefficient (Wildman–Crippen LogP) is 2.30. The van der Waals surface area contributed by atoms with Crippen molar-refractivity contribution >= 4 is 11.9 Å². The average molecular weight is 347 g/mol. The molecule has 2 aliphatic rings. The number of carboxylic acids is 1. The summed E-state index contributed by atoms with van der Waals surface area (Å²) in [6.07, 6.45) is 0.615. The fourth-order valence-electron chi connectivity index (χ4n) is 3.65. The summed E-state index contributed by atoms with van der Waals surface area (Å²) in [4.78, 5) is 26.2. The zero-order valence-corrected chi connectivity index (χ0v) is 14.9. The van der Waals surface area contributed by atoms with Crippen LogP contribution in [0.15, 0.2) is 18.2 Å². The van der Waals surface area contributed by atoms with Crippen LogP contribution in [0.1, 0.15) is 32.8 Å². The molecule has 1 aromatic rings. The first kappa shape index (κ1) is 17.6. The van der Waals surface area contributed by atoms with Crippen molar-refractivity contribution in [2.45, 2.75) is 32.6 Å². The highest BCUT2D eigenvalue weighted by Gasteiger charge is 2.39. The molecule has 1 aromatic carbocycles. The summed E-state index contributed by atoms with van der Waals surface area (Å²) in [5, 5.41) is 9.34. The Morgan fingerprint density at radius 2 is 1.84 bits per heavy atom. The third-order valence-corrected chi connectivity index (χ3v) is 5.09. The SMILES string of the molecule is CC1CC(C(=O)O)CN(C(=O)C(C)(C)c2ccc3c(c2)OCCO3)C1. The Balaban J connectivity index is 1.83. The van der Waals surface area contributed by atoms with Gasteiger partial charge in [0.1, 0.15) is 13.2 Å². The smallest absolute Gasteiger partial charge is 0.308 e. The largest absolute Gasteiger partial charge is 0.486 e. The number of carbonyl (C=O) groups excluding carboxylic acids is 1. The highest BCUT2D eigenvalue weighted by molar-refractivity contribution is 5.88. The molecule has 6 nitrogen and oxygen atoms in total. The van der Waals surface area contributed by atoms with Gasteiger partial charge in [-0.1, -0.05) is 13.0 Å². The molecule has 0 bridgehead atoms. The summed E-state index contributed by atoms with van der Waals surface area (Å²) < 4.78 is 11.2. The van der Waals surface area contributed by atoms with E-state index in [0.29, 0.717) is 37.7 Å². The van der Waals surface area contributed by atoms with Crippen LogP contribution in [-0.4, -0.2) is 48.2 Å². The molecular formula is C19H25NO5. The van der Waals surface area contributed by atoms with E-state index in [-0.39, 0.29) is 18.4 Å². The first-order valence-electron chi connectivity index (χ1n) is 8.71. The molecule has 0 aromatic heterocycles. The van der Waals surface area contributed by atoms with E-state index in [9.17, 15) is 14.7 Å². The number of piperidine rings is 1. The Morgan fingerprint density at radius 1 is 1.16 bits per heavy atom. The summed E-state index contributed by atoms with van der Waals surface area (Å²) in [7, 11) is 0. The normalized spacial score (nSPS) is 23.2. The van der Waals surface area contributed by atoms with E-state index in [0.717, 1.165) is 5.56 Å². The number of hydrogen-bond donors (Lipinski definition) is 1. The number of carbonyl (C=O) groups is 2. The average Bonchev–Trinajstić information content (AvgIpc) is 2.60. The maximum Gasteiger partial charge on any atom is 0.308 e. The van der Waals surface area contributed by atoms with Gasteiger partial charge in [-0.3, -0.25) is 9.59 Å². The fraction of sp³-hybridized carbons (Fsp3) is 0.579. The minimum absolute atomic E-state index is 0.0537. The molecule has 0 spiro atoms. The van der Waals surface area contributed by atoms with E-state index in [2.05, 4.69) is 0 Å². The van der Waals surface area contributed by atoms with Crippen LogP contribution in [0.5, 0.6) is 11.5 Å². The molecule has 6 heteroatoms. The number of aliphatic carboxylic acids is 1. The van der Waals surface area contributed by atoms with Crippen molar-refractivity contribution in [1.29, 1.82) is 0 Å². The molecule has 0 aliphatic carbocycles. The lowest BCUT2D eigenvalue weighted by molar-refractivity contribution is -0.148. The second-order valence-electron chi connectivity index (χ2n) is 7.57. The lowest BCUT2D eigenvalue weighted by Crippen LogP contribution is -2.51. The van der Waals surface area contributed by atoms with Crippen molar-refractivity contribution < 1.29 is 24.2 Å². The van der Waals surface area contributed by atoms with E-state index in [1.165, 1.54) is 0 Å². The maximum absolute atomic E-state index is 13.2. The van der Waals surface area contributed by atoms with Crippen LogP contribution in [-0.2, 0) is 15.0 Å². The molecular weight excluding hydrogens is 322 g/mol. The molecule has 25 heavy (non-hydrogen) atoms. The number of benzene rings is 1. The van der Waals surface area contributed by atoms with E-state index < -0.39 is 17.3 Å². The third-order valence-electron chi connectivity index (χ3n) is 5.09. The molecule has 2 aliphatic heterocycles. The van der Waals surface area contributed by atoms with Crippen LogP contribution in [0, 0.1) is 11.8 Å². The van der Waals surface area contributed by atoms with Crippen LogP contribution in [0.2, 0.25) is 0 Å². The van der Waals surface area contributed by atoms with Crippen LogP contribution >= 0.6 is 0 Å². The van der Waals surface area contributed by atoms with Crippen molar-refractivity contribution in [3.63, 3.8) is 0 Å². The number of likely N-dealkylation sites (tertiary alicyclic amines) is 1. The number of rotatable bonds is 3. The summed E-state index contributed by atoms with van der Waals surface area (Å²) >= 11 is 0. The van der Waals surface area contributed by atoms with Gasteiger partial charge < -0.3 is 19.5 Å². The van der Waals surface area contributed by atoms with Crippen LogP contribution in [0.4, 0.5) is 0 Å². The summed E-state index contributed by atoms with van der Waals surface area (Å²) in [6, 6.07) is 5.57. The van der Waals surface area contributed by atoms with E-state index >= 15 is 0 Å². The number of nitrogens with zero attached hydrogens (tertiary/aromatic N) is 1. The minimum Gasteiger partial charge on any atom is -0.486 e. The fourth-order valence-corrected chi connectivity index (χ4v) is 3.65. The standard InChI is InChI=1S/C19H25NO5/c1-12-8-13(17(21)22)11-20(10-12)18(23)19(2,3)14-4-5-15-16(9-14)25-7-6-24-15/h4-5,9,12-13H,6-8,10-11H2,1-3H3,(H,21,22). The highest BCUT2D eigenvalue weighted by Crippen LogP contribution is 2.36. The molecule has 1 saturated heterocycles. The van der Waals surface area contributed by atoms with Crippen LogP contribution in [0.3, 0.4) is 0 Å². The van der Waals surface area contributed by atoms with E-state index in [1.807, 2.05) is 39.0 Å². The Bertz CT molecular complexity index is 684. The molecule has 3 rings (SSSR count). The van der Waals surface area contributed by atoms with Crippen molar-refractivity contribution in [1.82, 2.24) is 4.90 Å². The van der Waals surface area contributed by atoms with Gasteiger partial charge in [-0.2, -0.15) is 0 Å². The first-order chi connectivity index (χ1) is 11.8. The van der Waals surface area contributed by atoms with Gasteiger partial charge in [0.25, 0.3) is 0 Å². The van der Waals surface area contributed by atoms with Gasteiger partial charge in [0, 0.05) is 13.1 Å². The quantitative estimate of drug-likeness (QED) is 0.908. The Morgan fingerprint density at radius 3 is 2.52 bits per heavy atom. The summed E-state index contributed by atoms with van der Waals surface area (Å²) in [6.45, 7) is 7.62. The van der Waals surface area contributed by atoms with Gasteiger partial charge in [-0.15, -0.1) is 0 Å². The van der Waals surface area contributed by atoms with Gasteiger partial charge in [0.05, 0.1) is 11.3 Å². The summed E-state index contributed by atoms with van der Waals surface area (Å²) in [5.74, 6) is 0.137. The monoisotopic (exact) mass is 347 g/mol. The third kappa shape index (κ3) is 3.43. The minimum atomic E-state index is -0.832. The van der Waals surface area contributed by atoms with E-state index in [1.54, 1.807) is 4.90 Å². The molecule has 2 atom stereocenters. The molecule has 0 radical (unpaired) electrons. The molecule has 0 saturated carbocycles. The molecule has 2 unspecified atom stereocenters. The van der Waals surface area contributed by atoms with E-state index in [4.69, 9.17) is 9.47 Å². The first-order valence-corrected chi connectivity index (χ1v) is 8.71. The lowest BCUT2D eigenvalue weighted by atomic mass is 9.81. The van der Waals surface area contributed by atoms with Crippen LogP contribution < -0.4 is 9.47 Å². The Kier molecular flexibility index (Phi) is 4.62. The van der Waals surface area contributed by atoms with Gasteiger partial charge in [-0.05, 0) is 43.9 Å². The zero-order chi connectivity index (χ0) is 18.2. The highest BCUT2D eigenvalue weighted by atomic mass is 16.6. The molecule has 1 fully saturated rings. The second-order valence-corrected chi connectivity index (χ2v) is 7.57.